The molecule has 6 heteroatoms. The van der Waals surface area contributed by atoms with E-state index in [2.05, 4.69) is 9.97 Å². The molecule has 6 nitrogen and oxygen atoms in total. The minimum atomic E-state index is -0.0129. The Morgan fingerprint density at radius 1 is 1.21 bits per heavy atom. The number of hydrogen-bond acceptors (Lipinski definition) is 4. The third kappa shape index (κ3) is 2.72. The lowest BCUT2D eigenvalue weighted by molar-refractivity contribution is 0.0303. The van der Waals surface area contributed by atoms with Gasteiger partial charge >= 0.3 is 0 Å². The number of H-pyrrole nitrogens is 1. The van der Waals surface area contributed by atoms with Gasteiger partial charge in [0, 0.05) is 47.2 Å². The molecule has 1 aliphatic rings. The van der Waals surface area contributed by atoms with Gasteiger partial charge < -0.3 is 20.4 Å². The predicted octanol–water partition coefficient (Wildman–Crippen LogP) is 2.28. The van der Waals surface area contributed by atoms with Gasteiger partial charge in [0.2, 0.25) is 0 Å². The summed E-state index contributed by atoms with van der Waals surface area (Å²) in [5, 5.41) is 1.02. The topological polar surface area (TPSA) is 84.2 Å². The first-order valence-electron chi connectivity index (χ1n) is 7.92. The Hall–Kier alpha value is -2.86. The number of anilines is 1. The number of nitrogens with one attached hydrogen (secondary N) is 1. The maximum absolute atomic E-state index is 12.7. The van der Waals surface area contributed by atoms with Gasteiger partial charge in [-0.1, -0.05) is 0 Å². The van der Waals surface area contributed by atoms with Crippen LogP contribution in [0.1, 0.15) is 10.4 Å². The first-order chi connectivity index (χ1) is 11.7. The van der Waals surface area contributed by atoms with Gasteiger partial charge in [-0.2, -0.15) is 0 Å². The molecule has 1 amide bonds. The fourth-order valence-corrected chi connectivity index (χ4v) is 2.99. The third-order valence-corrected chi connectivity index (χ3v) is 4.20. The Morgan fingerprint density at radius 2 is 2.04 bits per heavy atom. The summed E-state index contributed by atoms with van der Waals surface area (Å²) in [6, 6.07) is 11.4. The van der Waals surface area contributed by atoms with E-state index in [4.69, 9.17) is 10.5 Å². The molecule has 1 saturated heterocycles. The molecule has 3 aromatic rings. The summed E-state index contributed by atoms with van der Waals surface area (Å²) >= 11 is 0. The van der Waals surface area contributed by atoms with Crippen LogP contribution >= 0.6 is 0 Å². The molecule has 0 spiro atoms. The van der Waals surface area contributed by atoms with Crippen LogP contribution in [-0.4, -0.2) is 47.1 Å². The van der Waals surface area contributed by atoms with E-state index < -0.39 is 0 Å². The quantitative estimate of drug-likeness (QED) is 0.709. The van der Waals surface area contributed by atoms with Gasteiger partial charge in [0.25, 0.3) is 5.91 Å². The van der Waals surface area contributed by atoms with Gasteiger partial charge in [-0.05, 0) is 36.4 Å². The molecule has 122 valence electrons. The van der Waals surface area contributed by atoms with Gasteiger partial charge in [-0.25, -0.2) is 4.98 Å². The van der Waals surface area contributed by atoms with E-state index in [0.29, 0.717) is 37.6 Å². The molecule has 1 aliphatic heterocycles. The summed E-state index contributed by atoms with van der Waals surface area (Å²) in [4.78, 5) is 22.1. The van der Waals surface area contributed by atoms with Crippen molar-refractivity contribution < 1.29 is 9.53 Å². The van der Waals surface area contributed by atoms with E-state index in [1.54, 1.807) is 17.2 Å². The number of aromatic nitrogens is 2. The second-order valence-corrected chi connectivity index (χ2v) is 5.87. The van der Waals surface area contributed by atoms with Crippen LogP contribution in [0.15, 0.2) is 42.6 Å². The first-order valence-corrected chi connectivity index (χ1v) is 7.92. The summed E-state index contributed by atoms with van der Waals surface area (Å²) in [5.41, 5.74) is 9.79. The molecule has 0 saturated carbocycles. The molecule has 4 rings (SSSR count). The molecule has 0 bridgehead atoms. The van der Waals surface area contributed by atoms with Crippen LogP contribution in [0, 0.1) is 0 Å². The Morgan fingerprint density at radius 3 is 2.83 bits per heavy atom. The van der Waals surface area contributed by atoms with Crippen molar-refractivity contribution in [1.82, 2.24) is 14.9 Å². The number of amides is 1. The molecule has 3 heterocycles. The largest absolute Gasteiger partial charge is 0.399 e. The number of nitrogens with zero attached hydrogens (tertiary/aromatic N) is 2. The van der Waals surface area contributed by atoms with Crippen molar-refractivity contribution in [3.05, 3.63) is 48.2 Å². The van der Waals surface area contributed by atoms with Crippen LogP contribution in [0.3, 0.4) is 0 Å². The first kappa shape index (κ1) is 14.7. The van der Waals surface area contributed by atoms with Crippen molar-refractivity contribution in [2.45, 2.75) is 0 Å². The summed E-state index contributed by atoms with van der Waals surface area (Å²) < 4.78 is 5.31. The number of aromatic amines is 1. The number of pyridine rings is 1. The number of benzene rings is 1. The van der Waals surface area contributed by atoms with Gasteiger partial charge in [-0.3, -0.25) is 4.79 Å². The lowest BCUT2D eigenvalue weighted by atomic mass is 10.1. The van der Waals surface area contributed by atoms with Crippen LogP contribution in [0.25, 0.3) is 22.3 Å². The number of nitrogen functional groups attached to an aromatic ring is 1. The van der Waals surface area contributed by atoms with E-state index in [9.17, 15) is 4.79 Å². The molecule has 0 unspecified atom stereocenters. The SMILES string of the molecule is Nc1cc(C(=O)N2CCOCC2)cc(-c2cc3cccnc3[nH]2)c1. The van der Waals surface area contributed by atoms with E-state index in [1.807, 2.05) is 30.3 Å². The number of morpholine rings is 1. The number of rotatable bonds is 2. The number of nitrogens with two attached hydrogens (primary N) is 1. The van der Waals surface area contributed by atoms with Crippen LogP contribution < -0.4 is 5.73 Å². The van der Waals surface area contributed by atoms with Crippen LogP contribution in [0.4, 0.5) is 5.69 Å². The molecule has 0 atom stereocenters. The smallest absolute Gasteiger partial charge is 0.254 e. The summed E-state index contributed by atoms with van der Waals surface area (Å²) in [7, 11) is 0. The maximum Gasteiger partial charge on any atom is 0.254 e. The molecule has 1 fully saturated rings. The van der Waals surface area contributed by atoms with Gasteiger partial charge in [-0.15, -0.1) is 0 Å². The molecular weight excluding hydrogens is 304 g/mol. The van der Waals surface area contributed by atoms with Crippen molar-refractivity contribution >= 4 is 22.6 Å². The van der Waals surface area contributed by atoms with Crippen LogP contribution in [0.5, 0.6) is 0 Å². The lowest BCUT2D eigenvalue weighted by Crippen LogP contribution is -2.40. The highest BCUT2D eigenvalue weighted by Gasteiger charge is 2.19. The van der Waals surface area contributed by atoms with Crippen LogP contribution in [0.2, 0.25) is 0 Å². The normalized spacial score (nSPS) is 14.9. The Bertz CT molecular complexity index is 864. The average molecular weight is 322 g/mol. The number of carbonyl (C=O) groups is 1. The van der Waals surface area contributed by atoms with Crippen LogP contribution in [-0.2, 0) is 4.74 Å². The zero-order valence-corrected chi connectivity index (χ0v) is 13.2. The van der Waals surface area contributed by atoms with E-state index in [1.165, 1.54) is 0 Å². The number of carbonyl (C=O) groups excluding carboxylic acids is 1. The third-order valence-electron chi connectivity index (χ3n) is 4.20. The second-order valence-electron chi connectivity index (χ2n) is 5.87. The molecule has 0 aliphatic carbocycles. The standard InChI is InChI=1S/C18H18N4O2/c19-15-9-13(16-11-12-2-1-3-20-17(12)21-16)8-14(10-15)18(23)22-4-6-24-7-5-22/h1-3,8-11H,4-7,19H2,(H,20,21). The van der Waals surface area contributed by atoms with Crippen molar-refractivity contribution in [3.63, 3.8) is 0 Å². The fraction of sp³-hybridized carbons (Fsp3) is 0.222. The second kappa shape index (κ2) is 5.98. The highest BCUT2D eigenvalue weighted by atomic mass is 16.5. The molecule has 2 aromatic heterocycles. The maximum atomic E-state index is 12.7. The Kier molecular flexibility index (Phi) is 3.66. The number of fused-ring (bicyclic) bond motifs is 1. The zero-order valence-electron chi connectivity index (χ0n) is 13.2. The molecule has 0 radical (unpaired) electrons. The monoisotopic (exact) mass is 322 g/mol. The summed E-state index contributed by atoms with van der Waals surface area (Å²) in [6.45, 7) is 2.38. The molecular formula is C18H18N4O2. The minimum absolute atomic E-state index is 0.0129. The zero-order chi connectivity index (χ0) is 16.5. The van der Waals surface area contributed by atoms with Crippen molar-refractivity contribution in [2.24, 2.45) is 0 Å². The average Bonchev–Trinajstić information content (AvgIpc) is 3.05. The lowest BCUT2D eigenvalue weighted by Gasteiger charge is -2.27. The Balaban J connectivity index is 1.71. The fourth-order valence-electron chi connectivity index (χ4n) is 2.99. The van der Waals surface area contributed by atoms with Crippen molar-refractivity contribution in [1.29, 1.82) is 0 Å². The van der Waals surface area contributed by atoms with E-state index in [0.717, 1.165) is 22.3 Å². The van der Waals surface area contributed by atoms with Gasteiger partial charge in [0.05, 0.1) is 13.2 Å². The van der Waals surface area contributed by atoms with Gasteiger partial charge in [0.1, 0.15) is 5.65 Å². The molecule has 1 aromatic carbocycles. The van der Waals surface area contributed by atoms with E-state index in [-0.39, 0.29) is 5.91 Å². The molecule has 3 N–H and O–H groups in total. The van der Waals surface area contributed by atoms with Crippen molar-refractivity contribution in [2.75, 3.05) is 32.0 Å². The number of hydrogen-bond donors (Lipinski definition) is 2. The van der Waals surface area contributed by atoms with Crippen molar-refractivity contribution in [3.8, 4) is 11.3 Å². The predicted molar refractivity (Wildman–Crippen MR) is 92.7 cm³/mol. The summed E-state index contributed by atoms with van der Waals surface area (Å²) in [6.07, 6.45) is 1.75. The highest BCUT2D eigenvalue weighted by Crippen LogP contribution is 2.26. The minimum Gasteiger partial charge on any atom is -0.399 e. The van der Waals surface area contributed by atoms with E-state index >= 15 is 0 Å². The molecule has 24 heavy (non-hydrogen) atoms. The van der Waals surface area contributed by atoms with Gasteiger partial charge in [0.15, 0.2) is 0 Å². The number of ether oxygens (including phenoxy) is 1. The summed E-state index contributed by atoms with van der Waals surface area (Å²) in [5.74, 6) is -0.0129. The highest BCUT2D eigenvalue weighted by molar-refractivity contribution is 5.97. The Labute approximate surface area is 139 Å².